The lowest BCUT2D eigenvalue weighted by atomic mass is 9.84. The second-order valence-corrected chi connectivity index (χ2v) is 5.93. The van der Waals surface area contributed by atoms with E-state index in [0.717, 1.165) is 31.2 Å². The first-order valence-corrected chi connectivity index (χ1v) is 7.23. The number of phenols is 1. The zero-order valence-electron chi connectivity index (χ0n) is 11.5. The quantitative estimate of drug-likeness (QED) is 0.859. The second kappa shape index (κ2) is 4.93. The van der Waals surface area contributed by atoms with Crippen LogP contribution in [0.25, 0.3) is 0 Å². The van der Waals surface area contributed by atoms with Gasteiger partial charge in [0.25, 0.3) is 0 Å². The van der Waals surface area contributed by atoms with E-state index in [1.165, 1.54) is 4.90 Å². The maximum atomic E-state index is 12.5. The highest BCUT2D eigenvalue weighted by atomic mass is 16.3. The lowest BCUT2D eigenvalue weighted by Crippen LogP contribution is -2.35. The third-order valence-electron chi connectivity index (χ3n) is 4.61. The van der Waals surface area contributed by atoms with Gasteiger partial charge in [0, 0.05) is 13.0 Å². The van der Waals surface area contributed by atoms with E-state index in [1.54, 1.807) is 12.1 Å². The number of phenolic OH excluding ortho intramolecular Hbond substituents is 1. The van der Waals surface area contributed by atoms with E-state index >= 15 is 0 Å². The summed E-state index contributed by atoms with van der Waals surface area (Å²) in [5.74, 6) is 0.251. The number of rotatable bonds is 3. The summed E-state index contributed by atoms with van der Waals surface area (Å²) in [6.07, 6.45) is 4.91. The molecule has 1 aromatic carbocycles. The lowest BCUT2D eigenvalue weighted by molar-refractivity contribution is -0.141. The number of imide groups is 1. The zero-order valence-corrected chi connectivity index (χ0v) is 11.5. The Hall–Kier alpha value is -1.84. The summed E-state index contributed by atoms with van der Waals surface area (Å²) < 4.78 is 0. The van der Waals surface area contributed by atoms with Crippen LogP contribution in [0.3, 0.4) is 0 Å². The summed E-state index contributed by atoms with van der Waals surface area (Å²) in [4.78, 5) is 26.0. The molecule has 0 atom stereocenters. The molecule has 20 heavy (non-hydrogen) atoms. The maximum absolute atomic E-state index is 12.5. The highest BCUT2D eigenvalue weighted by Crippen LogP contribution is 2.46. The van der Waals surface area contributed by atoms with E-state index in [4.69, 9.17) is 0 Å². The largest absolute Gasteiger partial charge is 0.508 e. The number of hydrogen-bond donors (Lipinski definition) is 1. The third kappa shape index (κ3) is 2.19. The van der Waals surface area contributed by atoms with E-state index in [0.29, 0.717) is 19.4 Å². The van der Waals surface area contributed by atoms with Crippen LogP contribution in [0, 0.1) is 5.41 Å². The van der Waals surface area contributed by atoms with Crippen LogP contribution in [-0.2, 0) is 16.0 Å². The van der Waals surface area contributed by atoms with Crippen LogP contribution in [0.4, 0.5) is 0 Å². The molecule has 1 aliphatic heterocycles. The highest BCUT2D eigenvalue weighted by molar-refractivity contribution is 6.06. The zero-order chi connectivity index (χ0) is 14.2. The average molecular weight is 273 g/mol. The number of amides is 2. The molecule has 4 heteroatoms. The molecule has 4 nitrogen and oxygen atoms in total. The smallest absolute Gasteiger partial charge is 0.235 e. The Balaban J connectivity index is 1.67. The van der Waals surface area contributed by atoms with Crippen molar-refractivity contribution in [3.8, 4) is 5.75 Å². The van der Waals surface area contributed by atoms with Crippen LogP contribution < -0.4 is 0 Å². The van der Waals surface area contributed by atoms with Crippen LogP contribution in [-0.4, -0.2) is 28.4 Å². The average Bonchev–Trinajstić information content (AvgIpc) is 2.98. The second-order valence-electron chi connectivity index (χ2n) is 5.93. The fourth-order valence-electron chi connectivity index (χ4n) is 3.43. The highest BCUT2D eigenvalue weighted by Gasteiger charge is 2.52. The van der Waals surface area contributed by atoms with Crippen molar-refractivity contribution in [1.82, 2.24) is 4.90 Å². The molecule has 1 saturated carbocycles. The van der Waals surface area contributed by atoms with E-state index in [1.807, 2.05) is 12.1 Å². The summed E-state index contributed by atoms with van der Waals surface area (Å²) in [6, 6.07) is 6.90. The normalized spacial score (nSPS) is 21.1. The van der Waals surface area contributed by atoms with Crippen molar-refractivity contribution in [2.75, 3.05) is 6.54 Å². The summed E-state index contributed by atoms with van der Waals surface area (Å²) >= 11 is 0. The first kappa shape index (κ1) is 13.2. The summed E-state index contributed by atoms with van der Waals surface area (Å²) in [5.41, 5.74) is 0.655. The third-order valence-corrected chi connectivity index (χ3v) is 4.61. The predicted molar refractivity (Wildman–Crippen MR) is 74.0 cm³/mol. The van der Waals surface area contributed by atoms with Gasteiger partial charge in [0.2, 0.25) is 11.8 Å². The number of nitrogens with zero attached hydrogens (tertiary/aromatic N) is 1. The Morgan fingerprint density at radius 3 is 2.40 bits per heavy atom. The van der Waals surface area contributed by atoms with Gasteiger partial charge in [-0.15, -0.1) is 0 Å². The van der Waals surface area contributed by atoms with E-state index in [9.17, 15) is 14.7 Å². The molecule has 1 saturated heterocycles. The minimum atomic E-state index is -0.369. The standard InChI is InChI=1S/C16H19NO3/c18-13-5-3-12(4-6-13)7-10-17-14(19)11-16(15(17)20)8-1-2-9-16/h3-6,18H,1-2,7-11H2. The number of carbonyl (C=O) groups excluding carboxylic acids is 2. The van der Waals surface area contributed by atoms with Crippen molar-refractivity contribution < 1.29 is 14.7 Å². The molecule has 1 aliphatic carbocycles. The molecule has 1 heterocycles. The van der Waals surface area contributed by atoms with Gasteiger partial charge in [-0.05, 0) is 37.0 Å². The lowest BCUT2D eigenvalue weighted by Gasteiger charge is -2.20. The van der Waals surface area contributed by atoms with Crippen molar-refractivity contribution in [1.29, 1.82) is 0 Å². The summed E-state index contributed by atoms with van der Waals surface area (Å²) in [7, 11) is 0. The molecule has 1 N–H and O–H groups in total. The molecular formula is C16H19NO3. The molecule has 3 rings (SSSR count). The Labute approximate surface area is 118 Å². The van der Waals surface area contributed by atoms with Crippen LogP contribution in [0.1, 0.15) is 37.7 Å². The fourth-order valence-corrected chi connectivity index (χ4v) is 3.43. The van der Waals surface area contributed by atoms with Gasteiger partial charge >= 0.3 is 0 Å². The topological polar surface area (TPSA) is 57.6 Å². The van der Waals surface area contributed by atoms with Crippen molar-refractivity contribution in [2.24, 2.45) is 5.41 Å². The first-order chi connectivity index (χ1) is 9.61. The molecule has 0 unspecified atom stereocenters. The number of likely N-dealkylation sites (tertiary alicyclic amines) is 1. The Bertz CT molecular complexity index is 529. The number of benzene rings is 1. The molecule has 2 amide bonds. The van der Waals surface area contributed by atoms with Gasteiger partial charge < -0.3 is 5.11 Å². The van der Waals surface area contributed by atoms with Crippen molar-refractivity contribution in [3.63, 3.8) is 0 Å². The molecule has 2 aliphatic rings. The number of aromatic hydroxyl groups is 1. The van der Waals surface area contributed by atoms with Gasteiger partial charge in [0.05, 0.1) is 5.41 Å². The van der Waals surface area contributed by atoms with Crippen molar-refractivity contribution in [3.05, 3.63) is 29.8 Å². The molecular weight excluding hydrogens is 254 g/mol. The minimum Gasteiger partial charge on any atom is -0.508 e. The fraction of sp³-hybridized carbons (Fsp3) is 0.500. The van der Waals surface area contributed by atoms with Gasteiger partial charge in [-0.2, -0.15) is 0 Å². The molecule has 2 fully saturated rings. The van der Waals surface area contributed by atoms with Gasteiger partial charge in [-0.3, -0.25) is 14.5 Å². The van der Waals surface area contributed by atoms with Gasteiger partial charge in [-0.25, -0.2) is 0 Å². The van der Waals surface area contributed by atoms with E-state index in [2.05, 4.69) is 0 Å². The molecule has 0 radical (unpaired) electrons. The minimum absolute atomic E-state index is 0.0179. The Morgan fingerprint density at radius 1 is 1.10 bits per heavy atom. The van der Waals surface area contributed by atoms with E-state index < -0.39 is 0 Å². The summed E-state index contributed by atoms with van der Waals surface area (Å²) in [5, 5.41) is 9.24. The molecule has 0 aromatic heterocycles. The maximum Gasteiger partial charge on any atom is 0.235 e. The Morgan fingerprint density at radius 2 is 1.75 bits per heavy atom. The monoisotopic (exact) mass is 273 g/mol. The van der Waals surface area contributed by atoms with Crippen LogP contribution in [0.5, 0.6) is 5.75 Å². The number of carbonyl (C=O) groups is 2. The number of hydrogen-bond acceptors (Lipinski definition) is 3. The molecule has 1 aromatic rings. The predicted octanol–water partition coefficient (Wildman–Crippen LogP) is 2.25. The van der Waals surface area contributed by atoms with Crippen LogP contribution in [0.2, 0.25) is 0 Å². The van der Waals surface area contributed by atoms with Crippen molar-refractivity contribution in [2.45, 2.75) is 38.5 Å². The van der Waals surface area contributed by atoms with Gasteiger partial charge in [0.1, 0.15) is 5.75 Å². The molecule has 0 bridgehead atoms. The van der Waals surface area contributed by atoms with Gasteiger partial charge in [-0.1, -0.05) is 25.0 Å². The van der Waals surface area contributed by atoms with Crippen LogP contribution in [0.15, 0.2) is 24.3 Å². The van der Waals surface area contributed by atoms with Crippen molar-refractivity contribution >= 4 is 11.8 Å². The molecule has 106 valence electrons. The SMILES string of the molecule is O=C1CC2(CCCC2)C(=O)N1CCc1ccc(O)cc1. The first-order valence-electron chi connectivity index (χ1n) is 7.23. The Kier molecular flexibility index (Phi) is 3.24. The molecule has 1 spiro atoms. The van der Waals surface area contributed by atoms with Crippen LogP contribution >= 0.6 is 0 Å². The summed E-state index contributed by atoms with van der Waals surface area (Å²) in [6.45, 7) is 0.449. The van der Waals surface area contributed by atoms with E-state index in [-0.39, 0.29) is 23.0 Å². The van der Waals surface area contributed by atoms with Gasteiger partial charge in [0.15, 0.2) is 0 Å².